The molecule has 0 radical (unpaired) electrons. The van der Waals surface area contributed by atoms with Crippen LogP contribution in [0.4, 0.5) is 0 Å². The molecule has 14 heteroatoms. The van der Waals surface area contributed by atoms with Gasteiger partial charge < -0.3 is 49.7 Å². The summed E-state index contributed by atoms with van der Waals surface area (Å²) in [5.74, 6) is 2.04. The molecule has 112 heavy (non-hydrogen) atoms. The third kappa shape index (κ3) is 53.5. The van der Waals surface area contributed by atoms with Crippen molar-refractivity contribution in [1.82, 2.24) is 21.3 Å². The van der Waals surface area contributed by atoms with Crippen LogP contribution in [0.5, 0.6) is 34.5 Å². The summed E-state index contributed by atoms with van der Waals surface area (Å²) in [6.07, 6.45) is 73.9. The third-order valence-corrected chi connectivity index (χ3v) is 21.9. The first-order valence-electron chi connectivity index (χ1n) is 47.6. The highest BCUT2D eigenvalue weighted by molar-refractivity contribution is 5.98. The van der Waals surface area contributed by atoms with Gasteiger partial charge in [-0.3, -0.25) is 19.2 Å². The number of rotatable bonds is 82. The van der Waals surface area contributed by atoms with E-state index in [9.17, 15) is 19.2 Å². The van der Waals surface area contributed by atoms with E-state index in [0.29, 0.717) is 96.4 Å². The second kappa shape index (κ2) is 74.2. The lowest BCUT2D eigenvalue weighted by atomic mass is 10.1. The van der Waals surface area contributed by atoms with E-state index in [2.05, 4.69) is 62.8 Å². The predicted molar refractivity (Wildman–Crippen MR) is 473 cm³/mol. The molecule has 4 amide bonds. The summed E-state index contributed by atoms with van der Waals surface area (Å²) >= 11 is 0. The summed E-state index contributed by atoms with van der Waals surface area (Å²) < 4.78 is 39.5. The molecular weight excluding hydrogens is 1390 g/mol. The van der Waals surface area contributed by atoms with Gasteiger partial charge in [0.2, 0.25) is 11.5 Å². The molecule has 0 spiro atoms. The Morgan fingerprint density at radius 2 is 0.339 bits per heavy atom. The first kappa shape index (κ1) is 101. The minimum Gasteiger partial charge on any atom is -0.490 e. The zero-order valence-electron chi connectivity index (χ0n) is 73.2. The van der Waals surface area contributed by atoms with Gasteiger partial charge in [-0.05, 0) is 87.1 Å². The summed E-state index contributed by atoms with van der Waals surface area (Å²) in [6.45, 7) is 17.5. The van der Waals surface area contributed by atoms with Crippen molar-refractivity contribution in [2.45, 2.75) is 427 Å². The molecule has 0 atom stereocenters. The van der Waals surface area contributed by atoms with Gasteiger partial charge in [0.05, 0.1) is 39.6 Å². The molecule has 0 unspecified atom stereocenters. The van der Waals surface area contributed by atoms with Gasteiger partial charge in [-0.25, -0.2) is 0 Å². The van der Waals surface area contributed by atoms with Crippen LogP contribution >= 0.6 is 0 Å². The fourth-order valence-electron chi connectivity index (χ4n) is 14.6. The van der Waals surface area contributed by atoms with E-state index in [0.717, 1.165) is 77.0 Å². The molecule has 0 saturated heterocycles. The average Bonchev–Trinajstić information content (AvgIpc) is 0.823. The lowest BCUT2D eigenvalue weighted by Gasteiger charge is -2.19. The lowest BCUT2D eigenvalue weighted by molar-refractivity contribution is 0.0925. The molecule has 642 valence electrons. The Morgan fingerprint density at radius 1 is 0.196 bits per heavy atom. The van der Waals surface area contributed by atoms with Crippen LogP contribution < -0.4 is 49.7 Å². The highest BCUT2D eigenvalue weighted by Gasteiger charge is 2.22. The monoisotopic (exact) mass is 1560 g/mol. The second-order valence-electron chi connectivity index (χ2n) is 32.4. The molecular formula is C98H170N4O10. The number of carbonyl (C=O) groups excluding carboxylic acids is 4. The summed E-state index contributed by atoms with van der Waals surface area (Å²) in [4.78, 5) is 55.2. The molecule has 0 fully saturated rings. The normalized spacial score (nSPS) is 11.3. The van der Waals surface area contributed by atoms with Crippen LogP contribution in [0.15, 0.2) is 48.5 Å². The van der Waals surface area contributed by atoms with Crippen LogP contribution in [-0.4, -0.2) is 89.4 Å². The highest BCUT2D eigenvalue weighted by Crippen LogP contribution is 2.42. The maximum absolute atomic E-state index is 14.1. The molecule has 0 heterocycles. The van der Waals surface area contributed by atoms with E-state index >= 15 is 0 Å². The predicted octanol–water partition coefficient (Wildman–Crippen LogP) is 27.8. The molecule has 0 saturated carbocycles. The number of ether oxygens (including phenoxy) is 6. The van der Waals surface area contributed by atoms with Crippen molar-refractivity contribution in [1.29, 1.82) is 0 Å². The minimum absolute atomic E-state index is 0.182. The number of amides is 4. The topological polar surface area (TPSA) is 172 Å². The van der Waals surface area contributed by atoms with Crippen molar-refractivity contribution >= 4 is 23.6 Å². The second-order valence-corrected chi connectivity index (χ2v) is 32.4. The molecule has 0 aliphatic carbocycles. The van der Waals surface area contributed by atoms with E-state index in [1.165, 1.54) is 308 Å². The number of nitrogens with one attached hydrogen (secondary N) is 4. The van der Waals surface area contributed by atoms with Crippen LogP contribution in [0.25, 0.3) is 0 Å². The van der Waals surface area contributed by atoms with Crippen molar-refractivity contribution in [3.05, 3.63) is 70.8 Å². The molecule has 3 rings (SSSR count). The molecule has 0 aliphatic rings. The van der Waals surface area contributed by atoms with E-state index in [1.54, 1.807) is 48.5 Å². The van der Waals surface area contributed by atoms with Crippen LogP contribution in [0, 0.1) is 0 Å². The smallest absolute Gasteiger partial charge is 0.251 e. The summed E-state index contributed by atoms with van der Waals surface area (Å²) in [7, 11) is 0. The molecule has 4 N–H and O–H groups in total. The Morgan fingerprint density at radius 3 is 0.509 bits per heavy atom. The molecule has 0 aliphatic heterocycles. The van der Waals surface area contributed by atoms with Gasteiger partial charge in [-0.2, -0.15) is 0 Å². The Bertz CT molecular complexity index is 2430. The summed E-state index contributed by atoms with van der Waals surface area (Å²) in [5, 5.41) is 11.9. The van der Waals surface area contributed by atoms with Crippen molar-refractivity contribution in [3.8, 4) is 34.5 Å². The fourth-order valence-corrected chi connectivity index (χ4v) is 14.6. The van der Waals surface area contributed by atoms with Gasteiger partial charge in [0.15, 0.2) is 23.0 Å². The van der Waals surface area contributed by atoms with Crippen molar-refractivity contribution in [3.63, 3.8) is 0 Å². The standard InChI is InChI=1S/C98H170N4O10/c1-7-13-19-25-31-37-43-49-55-61-75-107-89-81-87(82-90(108-76-62-56-50-44-38-32-26-20-14-8-2)93(89)111-79-65-59-53-47-41-35-29-23-17-11-5)97(105)101-73-71-99-95(103)85-67-69-86(70-68-85)96(104)100-72-74-102-98(106)88-83-91(109-77-63-57-51-45-39-33-27-21-15-9-3)94(112-80-66-60-54-48-42-36-30-24-18-12-6)92(84-88)110-78-64-58-52-46-40-34-28-22-16-10-4/h67-70,81-84H,7-66,71-80H2,1-6H3,(H,99,103)(H,100,104)(H,101,105)(H,102,106). The number of hydrogen-bond acceptors (Lipinski definition) is 10. The summed E-state index contributed by atoms with van der Waals surface area (Å²) in [5.41, 5.74) is 1.59. The van der Waals surface area contributed by atoms with E-state index < -0.39 is 0 Å². The van der Waals surface area contributed by atoms with Crippen molar-refractivity contribution in [2.75, 3.05) is 65.8 Å². The molecule has 14 nitrogen and oxygen atoms in total. The SMILES string of the molecule is CCCCCCCCCCCCOc1cc(C(=O)NCCNC(=O)c2ccc(C(=O)NCCNC(=O)c3cc(OCCCCCCCCCCCC)c(OCCCCCCCCCCCC)c(OCCCCCCCCCCCC)c3)cc2)cc(OCCCCCCCCCCCC)c1OCCCCCCCCCCCC. The quantitative estimate of drug-likeness (QED) is 0.0399. The molecule has 3 aromatic carbocycles. The molecule has 0 bridgehead atoms. The van der Waals surface area contributed by atoms with Gasteiger partial charge in [0.1, 0.15) is 0 Å². The van der Waals surface area contributed by atoms with Gasteiger partial charge in [-0.1, -0.05) is 388 Å². The number of unbranched alkanes of at least 4 members (excludes halogenated alkanes) is 54. The number of benzene rings is 3. The van der Waals surface area contributed by atoms with Crippen LogP contribution in [-0.2, 0) is 0 Å². The van der Waals surface area contributed by atoms with E-state index in [-0.39, 0.29) is 49.8 Å². The van der Waals surface area contributed by atoms with Gasteiger partial charge in [0, 0.05) is 48.4 Å². The van der Waals surface area contributed by atoms with Crippen molar-refractivity contribution < 1.29 is 47.6 Å². The Balaban J connectivity index is 1.68. The van der Waals surface area contributed by atoms with Gasteiger partial charge >= 0.3 is 0 Å². The molecule has 3 aromatic rings. The zero-order valence-corrected chi connectivity index (χ0v) is 73.2. The van der Waals surface area contributed by atoms with Crippen LogP contribution in [0.1, 0.15) is 468 Å². The van der Waals surface area contributed by atoms with E-state index in [1.807, 2.05) is 0 Å². The van der Waals surface area contributed by atoms with Crippen LogP contribution in [0.3, 0.4) is 0 Å². The fraction of sp³-hybridized carbons (Fsp3) is 0.776. The summed E-state index contributed by atoms with van der Waals surface area (Å²) in [6, 6.07) is 13.7. The number of carbonyl (C=O) groups is 4. The maximum Gasteiger partial charge on any atom is 0.251 e. The average molecular weight is 1560 g/mol. The zero-order chi connectivity index (χ0) is 80.3. The molecule has 0 aromatic heterocycles. The Kier molecular flexibility index (Phi) is 66.6. The maximum atomic E-state index is 14.1. The van der Waals surface area contributed by atoms with Gasteiger partial charge in [-0.15, -0.1) is 0 Å². The first-order chi connectivity index (χ1) is 55.2. The largest absolute Gasteiger partial charge is 0.490 e. The number of hydrogen-bond donors (Lipinski definition) is 4. The van der Waals surface area contributed by atoms with E-state index in [4.69, 9.17) is 28.4 Å². The lowest BCUT2D eigenvalue weighted by Crippen LogP contribution is -2.35. The highest BCUT2D eigenvalue weighted by atomic mass is 16.5. The van der Waals surface area contributed by atoms with Crippen molar-refractivity contribution in [2.24, 2.45) is 0 Å². The Hall–Kier alpha value is -5.66. The Labute approximate surface area is 686 Å². The third-order valence-electron chi connectivity index (χ3n) is 21.9. The minimum atomic E-state index is -0.327. The van der Waals surface area contributed by atoms with Crippen LogP contribution in [0.2, 0.25) is 0 Å². The first-order valence-corrected chi connectivity index (χ1v) is 47.6. The van der Waals surface area contributed by atoms with Gasteiger partial charge in [0.25, 0.3) is 23.6 Å².